The first-order valence-corrected chi connectivity index (χ1v) is 7.87. The zero-order chi connectivity index (χ0) is 17.7. The van der Waals surface area contributed by atoms with E-state index in [-0.39, 0.29) is 29.8 Å². The second-order valence-electron chi connectivity index (χ2n) is 5.74. The molecule has 2 N–H and O–H groups in total. The summed E-state index contributed by atoms with van der Waals surface area (Å²) in [5.74, 6) is -1.81. The lowest BCUT2D eigenvalue weighted by atomic mass is 9.86. The molecule has 0 unspecified atom stereocenters. The van der Waals surface area contributed by atoms with E-state index in [0.29, 0.717) is 31.4 Å². The summed E-state index contributed by atoms with van der Waals surface area (Å²) >= 11 is 0. The normalized spacial score (nSPS) is 20.2. The predicted molar refractivity (Wildman–Crippen MR) is 86.1 cm³/mol. The number of hydrogen-bond acceptors (Lipinski definition) is 6. The standard InChI is InChI=1S/C16H20N2O6/c1-2-24-16(21)13-9-12(7-8-14(13)18(22)23)17-11-5-3-10(4-6-11)15(19)20/h7-11,17H,2-6H2,1H3,(H,19,20). The monoisotopic (exact) mass is 336 g/mol. The number of carboxylic acids is 1. The van der Waals surface area contributed by atoms with Crippen molar-refractivity contribution < 1.29 is 24.4 Å². The van der Waals surface area contributed by atoms with E-state index in [1.165, 1.54) is 12.1 Å². The van der Waals surface area contributed by atoms with Crippen LogP contribution in [-0.2, 0) is 9.53 Å². The van der Waals surface area contributed by atoms with Gasteiger partial charge in [-0.2, -0.15) is 0 Å². The molecule has 0 atom stereocenters. The summed E-state index contributed by atoms with van der Waals surface area (Å²) in [7, 11) is 0. The van der Waals surface area contributed by atoms with Crippen molar-refractivity contribution in [2.45, 2.75) is 38.6 Å². The van der Waals surface area contributed by atoms with Gasteiger partial charge in [0, 0.05) is 17.8 Å². The smallest absolute Gasteiger partial charge is 0.345 e. The van der Waals surface area contributed by atoms with E-state index in [1.54, 1.807) is 13.0 Å². The van der Waals surface area contributed by atoms with Crippen LogP contribution in [0.3, 0.4) is 0 Å². The van der Waals surface area contributed by atoms with Crippen molar-refractivity contribution >= 4 is 23.3 Å². The van der Waals surface area contributed by atoms with E-state index in [4.69, 9.17) is 9.84 Å². The van der Waals surface area contributed by atoms with Crippen molar-refractivity contribution in [1.29, 1.82) is 0 Å². The molecule has 8 nitrogen and oxygen atoms in total. The zero-order valence-corrected chi connectivity index (χ0v) is 13.4. The fourth-order valence-electron chi connectivity index (χ4n) is 2.88. The Morgan fingerprint density at radius 3 is 2.54 bits per heavy atom. The van der Waals surface area contributed by atoms with Crippen molar-refractivity contribution in [3.8, 4) is 0 Å². The van der Waals surface area contributed by atoms with Crippen LogP contribution in [0.2, 0.25) is 0 Å². The number of rotatable bonds is 6. The quantitative estimate of drug-likeness (QED) is 0.465. The van der Waals surface area contributed by atoms with Gasteiger partial charge in [0.1, 0.15) is 5.56 Å². The van der Waals surface area contributed by atoms with Crippen LogP contribution in [0.5, 0.6) is 0 Å². The summed E-state index contributed by atoms with van der Waals surface area (Å²) in [6.45, 7) is 1.76. The number of carbonyl (C=O) groups is 2. The maximum Gasteiger partial charge on any atom is 0.345 e. The molecule has 0 aliphatic heterocycles. The van der Waals surface area contributed by atoms with Gasteiger partial charge in [-0.05, 0) is 44.7 Å². The minimum absolute atomic E-state index is 0.0806. The van der Waals surface area contributed by atoms with Crippen molar-refractivity contribution in [2.24, 2.45) is 5.92 Å². The van der Waals surface area contributed by atoms with E-state index in [9.17, 15) is 19.7 Å². The van der Waals surface area contributed by atoms with Crippen molar-refractivity contribution in [1.82, 2.24) is 0 Å². The topological polar surface area (TPSA) is 119 Å². The summed E-state index contributed by atoms with van der Waals surface area (Å²) in [5, 5.41) is 23.3. The molecule has 1 aliphatic rings. The highest BCUT2D eigenvalue weighted by atomic mass is 16.6. The van der Waals surface area contributed by atoms with Crippen LogP contribution in [0.15, 0.2) is 18.2 Å². The average molecular weight is 336 g/mol. The molecule has 0 amide bonds. The van der Waals surface area contributed by atoms with Crippen LogP contribution in [0, 0.1) is 16.0 Å². The molecule has 1 aromatic rings. The summed E-state index contributed by atoms with van der Waals surface area (Å²) in [5.41, 5.74) is 0.196. The lowest BCUT2D eigenvalue weighted by molar-refractivity contribution is -0.385. The highest BCUT2D eigenvalue weighted by Crippen LogP contribution is 2.29. The molecular formula is C16H20N2O6. The van der Waals surface area contributed by atoms with Gasteiger partial charge in [-0.15, -0.1) is 0 Å². The van der Waals surface area contributed by atoms with Gasteiger partial charge >= 0.3 is 11.9 Å². The minimum Gasteiger partial charge on any atom is -0.481 e. The van der Waals surface area contributed by atoms with Crippen LogP contribution in [0.25, 0.3) is 0 Å². The van der Waals surface area contributed by atoms with Crippen LogP contribution in [0.4, 0.5) is 11.4 Å². The average Bonchev–Trinajstić information content (AvgIpc) is 2.55. The number of esters is 1. The number of nitrogens with one attached hydrogen (secondary N) is 1. The summed E-state index contributed by atoms with van der Waals surface area (Å²) in [4.78, 5) is 33.3. The molecule has 0 heterocycles. The maximum atomic E-state index is 11.9. The van der Waals surface area contributed by atoms with Crippen molar-refractivity contribution in [2.75, 3.05) is 11.9 Å². The Labute approximate surface area is 139 Å². The number of carbonyl (C=O) groups excluding carboxylic acids is 1. The minimum atomic E-state index is -0.770. The van der Waals surface area contributed by atoms with E-state index < -0.39 is 16.9 Å². The highest BCUT2D eigenvalue weighted by Gasteiger charge is 2.27. The fraction of sp³-hybridized carbons (Fsp3) is 0.500. The summed E-state index contributed by atoms with van der Waals surface area (Å²) in [6, 6.07) is 4.32. The van der Waals surface area contributed by atoms with Crippen molar-refractivity contribution in [3.63, 3.8) is 0 Å². The molecule has 8 heteroatoms. The van der Waals surface area contributed by atoms with Crippen LogP contribution < -0.4 is 5.32 Å². The lowest BCUT2D eigenvalue weighted by Crippen LogP contribution is -2.29. The number of carboxylic acid groups (broad SMARTS) is 1. The van der Waals surface area contributed by atoms with Gasteiger partial charge in [-0.3, -0.25) is 14.9 Å². The number of aliphatic carboxylic acids is 1. The SMILES string of the molecule is CCOC(=O)c1cc(NC2CCC(C(=O)O)CC2)ccc1[N+](=O)[O-]. The predicted octanol–water partition coefficient (Wildman–Crippen LogP) is 2.83. The molecule has 0 saturated heterocycles. The third-order valence-electron chi connectivity index (χ3n) is 4.14. The third-order valence-corrected chi connectivity index (χ3v) is 4.14. The Morgan fingerprint density at radius 2 is 2.00 bits per heavy atom. The highest BCUT2D eigenvalue weighted by molar-refractivity contribution is 5.95. The van der Waals surface area contributed by atoms with Crippen LogP contribution in [0.1, 0.15) is 43.0 Å². The first kappa shape index (κ1) is 17.7. The second kappa shape index (κ2) is 7.76. The number of anilines is 1. The van der Waals surface area contributed by atoms with Gasteiger partial charge < -0.3 is 15.2 Å². The van der Waals surface area contributed by atoms with Gasteiger partial charge in [-0.25, -0.2) is 4.79 Å². The van der Waals surface area contributed by atoms with E-state index in [1.807, 2.05) is 0 Å². The second-order valence-corrected chi connectivity index (χ2v) is 5.74. The summed E-state index contributed by atoms with van der Waals surface area (Å²) < 4.78 is 4.87. The fourth-order valence-corrected chi connectivity index (χ4v) is 2.88. The molecule has 0 spiro atoms. The maximum absolute atomic E-state index is 11.9. The van der Waals surface area contributed by atoms with E-state index in [2.05, 4.69) is 5.32 Å². The van der Waals surface area contributed by atoms with Gasteiger partial charge in [0.05, 0.1) is 17.4 Å². The molecule has 0 radical (unpaired) electrons. The molecule has 0 aromatic heterocycles. The van der Waals surface area contributed by atoms with Gasteiger partial charge in [0.2, 0.25) is 0 Å². The molecule has 1 fully saturated rings. The Kier molecular flexibility index (Phi) is 5.73. The number of hydrogen-bond donors (Lipinski definition) is 2. The third kappa shape index (κ3) is 4.21. The lowest BCUT2D eigenvalue weighted by Gasteiger charge is -2.27. The van der Waals surface area contributed by atoms with Crippen LogP contribution in [-0.4, -0.2) is 34.6 Å². The van der Waals surface area contributed by atoms with Gasteiger partial charge in [0.25, 0.3) is 5.69 Å². The van der Waals surface area contributed by atoms with Crippen LogP contribution >= 0.6 is 0 Å². The number of ether oxygens (including phenoxy) is 1. The molecule has 1 saturated carbocycles. The Hall–Kier alpha value is -2.64. The Morgan fingerprint density at radius 1 is 1.33 bits per heavy atom. The molecule has 1 aromatic carbocycles. The van der Waals surface area contributed by atoms with E-state index in [0.717, 1.165) is 0 Å². The number of nitro benzene ring substituents is 1. The largest absolute Gasteiger partial charge is 0.481 e. The molecule has 2 rings (SSSR count). The Bertz CT molecular complexity index is 637. The first-order valence-electron chi connectivity index (χ1n) is 7.87. The van der Waals surface area contributed by atoms with Crippen molar-refractivity contribution in [3.05, 3.63) is 33.9 Å². The molecule has 1 aliphatic carbocycles. The molecule has 24 heavy (non-hydrogen) atoms. The van der Waals surface area contributed by atoms with Gasteiger partial charge in [0.15, 0.2) is 0 Å². The summed E-state index contributed by atoms with van der Waals surface area (Å²) in [6.07, 6.45) is 2.57. The number of benzene rings is 1. The molecule has 130 valence electrons. The van der Waals surface area contributed by atoms with E-state index >= 15 is 0 Å². The molecular weight excluding hydrogens is 316 g/mol. The Balaban J connectivity index is 2.11. The number of nitro groups is 1. The molecule has 0 bridgehead atoms. The number of nitrogens with zero attached hydrogens (tertiary/aromatic N) is 1. The zero-order valence-electron chi connectivity index (χ0n) is 13.4. The van der Waals surface area contributed by atoms with Gasteiger partial charge in [-0.1, -0.05) is 0 Å². The first-order chi connectivity index (χ1) is 11.4.